The van der Waals surface area contributed by atoms with E-state index in [4.69, 9.17) is 10.5 Å². The number of piperidine rings is 1. The Bertz CT molecular complexity index is 558. The van der Waals surface area contributed by atoms with Crippen LogP contribution in [-0.4, -0.2) is 35.7 Å². The highest BCUT2D eigenvalue weighted by atomic mass is 19.1. The number of rotatable bonds is 1. The number of likely N-dealkylation sites (tertiary alicyclic amines) is 1. The molecule has 0 aliphatic carbocycles. The smallest absolute Gasteiger partial charge is 0.410 e. The SMILES string of the molecule is CC(C)(C)OC(=O)N1CC[C@@H](c2ccc(F)cc2F)[C@H](N)C1. The molecule has 1 heterocycles. The molecule has 1 aromatic rings. The molecule has 0 unspecified atom stereocenters. The molecule has 2 rings (SSSR count). The van der Waals surface area contributed by atoms with Gasteiger partial charge in [0.05, 0.1) is 0 Å². The Kier molecular flexibility index (Phi) is 4.70. The van der Waals surface area contributed by atoms with Gasteiger partial charge >= 0.3 is 6.09 Å². The Hall–Kier alpha value is -1.69. The first-order chi connectivity index (χ1) is 10.2. The van der Waals surface area contributed by atoms with E-state index in [1.807, 2.05) is 0 Å². The van der Waals surface area contributed by atoms with E-state index in [1.54, 1.807) is 20.8 Å². The van der Waals surface area contributed by atoms with E-state index in [1.165, 1.54) is 17.0 Å². The standard InChI is InChI=1S/C16H22F2N2O2/c1-16(2,3)22-15(21)20-7-6-12(14(19)9-20)11-5-4-10(17)8-13(11)18/h4-5,8,12,14H,6-7,9,19H2,1-3H3/t12-,14+/m0/s1. The van der Waals surface area contributed by atoms with E-state index in [2.05, 4.69) is 0 Å². The van der Waals surface area contributed by atoms with Crippen LogP contribution in [0.5, 0.6) is 0 Å². The zero-order chi connectivity index (χ0) is 16.5. The number of hydrogen-bond donors (Lipinski definition) is 1. The number of amides is 1. The average Bonchev–Trinajstić information content (AvgIpc) is 2.37. The fourth-order valence-electron chi connectivity index (χ4n) is 2.66. The number of ether oxygens (including phenoxy) is 1. The molecular weight excluding hydrogens is 290 g/mol. The molecule has 1 saturated heterocycles. The van der Waals surface area contributed by atoms with Gasteiger partial charge in [0, 0.05) is 31.1 Å². The van der Waals surface area contributed by atoms with E-state index in [0.29, 0.717) is 18.5 Å². The monoisotopic (exact) mass is 312 g/mol. The Morgan fingerprint density at radius 2 is 2.05 bits per heavy atom. The third-order valence-corrected chi connectivity index (χ3v) is 3.67. The number of hydrogen-bond acceptors (Lipinski definition) is 3. The van der Waals surface area contributed by atoms with Crippen molar-refractivity contribution < 1.29 is 18.3 Å². The summed E-state index contributed by atoms with van der Waals surface area (Å²) >= 11 is 0. The molecule has 0 radical (unpaired) electrons. The molecule has 6 heteroatoms. The summed E-state index contributed by atoms with van der Waals surface area (Å²) < 4.78 is 32.2. The van der Waals surface area contributed by atoms with Crippen molar-refractivity contribution >= 4 is 6.09 Å². The van der Waals surface area contributed by atoms with E-state index in [-0.39, 0.29) is 12.5 Å². The highest BCUT2D eigenvalue weighted by Crippen LogP contribution is 2.30. The van der Waals surface area contributed by atoms with Gasteiger partial charge in [-0.1, -0.05) is 6.07 Å². The second-order valence-corrected chi connectivity index (χ2v) is 6.65. The highest BCUT2D eigenvalue weighted by molar-refractivity contribution is 5.68. The molecule has 0 aromatic heterocycles. The first-order valence-corrected chi connectivity index (χ1v) is 7.36. The lowest BCUT2D eigenvalue weighted by Crippen LogP contribution is -2.50. The van der Waals surface area contributed by atoms with Crippen molar-refractivity contribution in [1.29, 1.82) is 0 Å². The van der Waals surface area contributed by atoms with Crippen LogP contribution >= 0.6 is 0 Å². The number of nitrogens with zero attached hydrogens (tertiary/aromatic N) is 1. The van der Waals surface area contributed by atoms with Crippen LogP contribution in [-0.2, 0) is 4.74 Å². The summed E-state index contributed by atoms with van der Waals surface area (Å²) in [5.74, 6) is -1.44. The zero-order valence-corrected chi connectivity index (χ0v) is 13.1. The molecule has 2 atom stereocenters. The maximum absolute atomic E-state index is 13.9. The van der Waals surface area contributed by atoms with Crippen molar-refractivity contribution in [2.75, 3.05) is 13.1 Å². The largest absolute Gasteiger partial charge is 0.444 e. The van der Waals surface area contributed by atoms with Crippen molar-refractivity contribution in [2.24, 2.45) is 5.73 Å². The number of carbonyl (C=O) groups is 1. The van der Waals surface area contributed by atoms with Crippen molar-refractivity contribution in [3.63, 3.8) is 0 Å². The fraction of sp³-hybridized carbons (Fsp3) is 0.562. The second-order valence-electron chi connectivity index (χ2n) is 6.65. The first-order valence-electron chi connectivity index (χ1n) is 7.36. The number of carbonyl (C=O) groups excluding carboxylic acids is 1. The molecule has 1 fully saturated rings. The molecule has 122 valence electrons. The predicted octanol–water partition coefficient (Wildman–Crippen LogP) is 3.02. The van der Waals surface area contributed by atoms with E-state index in [9.17, 15) is 13.6 Å². The average molecular weight is 312 g/mol. The third kappa shape index (κ3) is 3.94. The summed E-state index contributed by atoms with van der Waals surface area (Å²) in [7, 11) is 0. The van der Waals surface area contributed by atoms with Gasteiger partial charge in [-0.25, -0.2) is 13.6 Å². The van der Waals surface area contributed by atoms with Gasteiger partial charge in [-0.3, -0.25) is 0 Å². The van der Waals surface area contributed by atoms with Crippen LogP contribution in [0.3, 0.4) is 0 Å². The summed E-state index contributed by atoms with van der Waals surface area (Å²) in [5, 5.41) is 0. The molecule has 0 saturated carbocycles. The topological polar surface area (TPSA) is 55.6 Å². The van der Waals surface area contributed by atoms with E-state index in [0.717, 1.165) is 6.07 Å². The number of halogens is 2. The Morgan fingerprint density at radius 3 is 2.59 bits per heavy atom. The summed E-state index contributed by atoms with van der Waals surface area (Å²) in [6, 6.07) is 3.10. The lowest BCUT2D eigenvalue weighted by molar-refractivity contribution is 0.0186. The predicted molar refractivity (Wildman–Crippen MR) is 79.5 cm³/mol. The zero-order valence-electron chi connectivity index (χ0n) is 13.1. The second kappa shape index (κ2) is 6.20. The van der Waals surface area contributed by atoms with E-state index < -0.39 is 29.4 Å². The maximum atomic E-state index is 13.9. The van der Waals surface area contributed by atoms with E-state index >= 15 is 0 Å². The lowest BCUT2D eigenvalue weighted by atomic mass is 9.85. The quantitative estimate of drug-likeness (QED) is 0.867. The Morgan fingerprint density at radius 1 is 1.36 bits per heavy atom. The molecule has 4 nitrogen and oxygen atoms in total. The summed E-state index contributed by atoms with van der Waals surface area (Å²) in [5.41, 5.74) is 5.93. The highest BCUT2D eigenvalue weighted by Gasteiger charge is 2.33. The van der Waals surface area contributed by atoms with Gasteiger partial charge in [0.1, 0.15) is 17.2 Å². The molecular formula is C16H22F2N2O2. The van der Waals surface area contributed by atoms with Gasteiger partial charge in [-0.15, -0.1) is 0 Å². The molecule has 1 aliphatic rings. The van der Waals surface area contributed by atoms with Crippen LogP contribution in [0.1, 0.15) is 38.7 Å². The van der Waals surface area contributed by atoms with Gasteiger partial charge in [0.25, 0.3) is 0 Å². The number of benzene rings is 1. The van der Waals surface area contributed by atoms with Crippen LogP contribution in [0.4, 0.5) is 13.6 Å². The van der Waals surface area contributed by atoms with Crippen molar-refractivity contribution in [2.45, 2.75) is 44.8 Å². The molecule has 0 spiro atoms. The van der Waals surface area contributed by atoms with Gasteiger partial charge in [0.15, 0.2) is 0 Å². The molecule has 2 N–H and O–H groups in total. The maximum Gasteiger partial charge on any atom is 0.410 e. The normalized spacial score (nSPS) is 22.5. The van der Waals surface area contributed by atoms with Crippen LogP contribution in [0.25, 0.3) is 0 Å². The van der Waals surface area contributed by atoms with Crippen molar-refractivity contribution in [3.05, 3.63) is 35.4 Å². The minimum Gasteiger partial charge on any atom is -0.444 e. The van der Waals surface area contributed by atoms with Crippen LogP contribution < -0.4 is 5.73 Å². The summed E-state index contributed by atoms with van der Waals surface area (Å²) in [4.78, 5) is 13.6. The molecule has 1 aromatic carbocycles. The summed E-state index contributed by atoms with van der Waals surface area (Å²) in [6.45, 7) is 6.11. The summed E-state index contributed by atoms with van der Waals surface area (Å²) in [6.07, 6.45) is 0.101. The van der Waals surface area contributed by atoms with Crippen LogP contribution in [0.15, 0.2) is 18.2 Å². The van der Waals surface area contributed by atoms with Crippen molar-refractivity contribution in [1.82, 2.24) is 4.90 Å². The molecule has 1 amide bonds. The Balaban J connectivity index is 2.05. The number of nitrogens with two attached hydrogens (primary N) is 1. The molecule has 1 aliphatic heterocycles. The van der Waals surface area contributed by atoms with Crippen LogP contribution in [0, 0.1) is 11.6 Å². The van der Waals surface area contributed by atoms with Gasteiger partial charge in [-0.05, 0) is 38.8 Å². The van der Waals surface area contributed by atoms with Gasteiger partial charge in [0.2, 0.25) is 0 Å². The molecule has 22 heavy (non-hydrogen) atoms. The molecule has 0 bridgehead atoms. The third-order valence-electron chi connectivity index (χ3n) is 3.67. The fourth-order valence-corrected chi connectivity index (χ4v) is 2.66. The minimum atomic E-state index is -0.610. The lowest BCUT2D eigenvalue weighted by Gasteiger charge is -2.37. The first kappa shape index (κ1) is 16.7. The van der Waals surface area contributed by atoms with Gasteiger partial charge in [-0.2, -0.15) is 0 Å². The minimum absolute atomic E-state index is 0.237. The Labute approximate surface area is 129 Å². The van der Waals surface area contributed by atoms with Crippen LogP contribution in [0.2, 0.25) is 0 Å². The van der Waals surface area contributed by atoms with Crippen molar-refractivity contribution in [3.8, 4) is 0 Å². The van der Waals surface area contributed by atoms with Gasteiger partial charge < -0.3 is 15.4 Å².